The first-order valence-corrected chi connectivity index (χ1v) is 16.9. The van der Waals surface area contributed by atoms with E-state index in [2.05, 4.69) is 32.9 Å². The number of hydrogen-bond acceptors (Lipinski definition) is 6. The number of nitrogens with zero attached hydrogens (tertiary/aromatic N) is 3. The third-order valence-corrected chi connectivity index (χ3v) is 11.5. The molecule has 0 bridgehead atoms. The van der Waals surface area contributed by atoms with E-state index in [4.69, 9.17) is 9.47 Å². The largest absolute Gasteiger partial charge is 0.497 e. The number of allylic oxidation sites excluding steroid dienone is 7. The Hall–Kier alpha value is -2.65. The predicted octanol–water partition coefficient (Wildman–Crippen LogP) is 5.00. The number of carboxylic acid groups (broad SMARTS) is 1. The molecule has 6 aliphatic rings. The van der Waals surface area contributed by atoms with Crippen molar-refractivity contribution in [1.29, 1.82) is 0 Å². The van der Waals surface area contributed by atoms with Crippen LogP contribution >= 0.6 is 0 Å². The number of carboxylic acids is 1. The molecule has 0 aromatic heterocycles. The molecular formula is C35H50FN3O5. The van der Waals surface area contributed by atoms with Crippen LogP contribution in [0.15, 0.2) is 47.7 Å². The summed E-state index contributed by atoms with van der Waals surface area (Å²) in [6.45, 7) is 4.17. The van der Waals surface area contributed by atoms with Crippen LogP contribution in [0.25, 0.3) is 0 Å². The van der Waals surface area contributed by atoms with Gasteiger partial charge in [-0.1, -0.05) is 18.9 Å². The summed E-state index contributed by atoms with van der Waals surface area (Å²) in [6, 6.07) is 0.575. The van der Waals surface area contributed by atoms with Crippen molar-refractivity contribution in [2.45, 2.75) is 69.9 Å². The summed E-state index contributed by atoms with van der Waals surface area (Å²) in [7, 11) is 3.41. The average Bonchev–Trinajstić information content (AvgIpc) is 3.81. The van der Waals surface area contributed by atoms with Crippen LogP contribution in [0.2, 0.25) is 0 Å². The first-order valence-electron chi connectivity index (χ1n) is 16.9. The Morgan fingerprint density at radius 3 is 2.45 bits per heavy atom. The number of carbonyl (C=O) groups excluding carboxylic acids is 1. The molecule has 0 spiro atoms. The minimum atomic E-state index is -0.743. The Labute approximate surface area is 261 Å². The van der Waals surface area contributed by atoms with Gasteiger partial charge in [-0.3, -0.25) is 14.5 Å². The van der Waals surface area contributed by atoms with Crippen LogP contribution in [0, 0.1) is 35.5 Å². The number of hydrogen-bond donors (Lipinski definition) is 1. The second-order valence-corrected chi connectivity index (χ2v) is 13.9. The molecule has 3 saturated heterocycles. The van der Waals surface area contributed by atoms with E-state index >= 15 is 0 Å². The molecule has 6 rings (SSSR count). The molecule has 0 aromatic carbocycles. The third-order valence-electron chi connectivity index (χ3n) is 11.5. The van der Waals surface area contributed by atoms with Gasteiger partial charge < -0.3 is 24.4 Å². The van der Waals surface area contributed by atoms with Crippen molar-refractivity contribution in [3.63, 3.8) is 0 Å². The minimum absolute atomic E-state index is 0.00434. The number of carbonyl (C=O) groups is 2. The highest BCUT2D eigenvalue weighted by molar-refractivity contribution is 5.80. The molecule has 242 valence electrons. The zero-order valence-corrected chi connectivity index (χ0v) is 26.4. The van der Waals surface area contributed by atoms with Crippen LogP contribution in [0.4, 0.5) is 4.39 Å². The van der Waals surface area contributed by atoms with E-state index in [1.165, 1.54) is 25.7 Å². The zero-order chi connectivity index (χ0) is 30.8. The SMILES string of the molecule is COC[C@@H]1CC(C2CC=C(F)C=C2N2CCC(C(=O)O)CC2)CN1C(=O)[C@@H]1CN(C2CCCC2)C[C@H]1C1C=CC(OC)=CC1. The summed E-state index contributed by atoms with van der Waals surface area (Å²) in [4.78, 5) is 33.1. The number of piperidine rings is 1. The van der Waals surface area contributed by atoms with Gasteiger partial charge >= 0.3 is 5.97 Å². The second-order valence-electron chi connectivity index (χ2n) is 13.9. The van der Waals surface area contributed by atoms with Crippen LogP contribution in [-0.4, -0.2) is 97.3 Å². The molecule has 1 N–H and O–H groups in total. The quantitative estimate of drug-likeness (QED) is 0.393. The van der Waals surface area contributed by atoms with Crippen molar-refractivity contribution >= 4 is 11.9 Å². The van der Waals surface area contributed by atoms with E-state index in [0.717, 1.165) is 37.4 Å². The Morgan fingerprint density at radius 1 is 1.02 bits per heavy atom. The summed E-state index contributed by atoms with van der Waals surface area (Å²) in [5.41, 5.74) is 0.975. The van der Waals surface area contributed by atoms with Gasteiger partial charge in [-0.2, -0.15) is 0 Å². The maximum Gasteiger partial charge on any atom is 0.306 e. The van der Waals surface area contributed by atoms with Gasteiger partial charge in [-0.15, -0.1) is 0 Å². The number of likely N-dealkylation sites (tertiary alicyclic amines) is 3. The van der Waals surface area contributed by atoms with Crippen LogP contribution in [0.3, 0.4) is 0 Å². The van der Waals surface area contributed by atoms with Crippen molar-refractivity contribution in [2.24, 2.45) is 35.5 Å². The summed E-state index contributed by atoms with van der Waals surface area (Å²) in [5, 5.41) is 9.49. The lowest BCUT2D eigenvalue weighted by atomic mass is 9.79. The highest BCUT2D eigenvalue weighted by Crippen LogP contribution is 2.44. The summed E-state index contributed by atoms with van der Waals surface area (Å²) < 4.78 is 25.8. The molecule has 1 amide bonds. The molecule has 0 radical (unpaired) electrons. The number of aliphatic carboxylic acids is 1. The molecule has 1 saturated carbocycles. The van der Waals surface area contributed by atoms with Gasteiger partial charge in [0.25, 0.3) is 0 Å². The number of ether oxygens (including phenoxy) is 2. The Bertz CT molecular complexity index is 1180. The molecule has 8 nitrogen and oxygen atoms in total. The van der Waals surface area contributed by atoms with Gasteiger partial charge in [-0.25, -0.2) is 4.39 Å². The summed E-state index contributed by atoms with van der Waals surface area (Å²) in [6.07, 6.45) is 18.3. The van der Waals surface area contributed by atoms with Crippen LogP contribution < -0.4 is 0 Å². The van der Waals surface area contributed by atoms with E-state index in [9.17, 15) is 19.1 Å². The summed E-state index contributed by atoms with van der Waals surface area (Å²) >= 11 is 0. The third kappa shape index (κ3) is 6.50. The van der Waals surface area contributed by atoms with Crippen LogP contribution in [-0.2, 0) is 19.1 Å². The first kappa shape index (κ1) is 31.3. The normalized spacial score (nSPS) is 33.8. The molecule has 3 heterocycles. The Morgan fingerprint density at radius 2 is 1.80 bits per heavy atom. The monoisotopic (exact) mass is 611 g/mol. The van der Waals surface area contributed by atoms with E-state index in [1.54, 1.807) is 26.4 Å². The standard InChI is InChI=1S/C35H50FN3O5/c1-43-22-28-17-25(30-12-9-26(36)18-33(30)37-15-13-24(14-16-37)35(41)42)19-39(28)34(40)32-21-38(27-5-3-4-6-27)20-31(32)23-7-10-29(44-2)11-8-23/h7,9-11,18,23-25,27-28,30-32H,3-6,8,12-17,19-22H2,1-2H3,(H,41,42)/t23?,25?,28-,30?,31-,32+/m0/s1. The Kier molecular flexibility index (Phi) is 9.81. The van der Waals surface area contributed by atoms with Gasteiger partial charge in [0.2, 0.25) is 5.91 Å². The van der Waals surface area contributed by atoms with E-state index in [0.29, 0.717) is 57.5 Å². The molecule has 3 aliphatic heterocycles. The molecule has 4 fully saturated rings. The molecule has 44 heavy (non-hydrogen) atoms. The van der Waals surface area contributed by atoms with Gasteiger partial charge in [0.15, 0.2) is 0 Å². The predicted molar refractivity (Wildman–Crippen MR) is 166 cm³/mol. The van der Waals surface area contributed by atoms with Crippen molar-refractivity contribution < 1.29 is 28.6 Å². The number of amides is 1. The molecule has 6 atom stereocenters. The fraction of sp³-hybridized carbons (Fsp3) is 0.714. The topological polar surface area (TPSA) is 82.5 Å². The molecule has 9 heteroatoms. The van der Waals surface area contributed by atoms with Crippen LogP contribution in [0.5, 0.6) is 0 Å². The summed E-state index contributed by atoms with van der Waals surface area (Å²) in [5.74, 6) is 0.647. The second kappa shape index (κ2) is 13.8. The van der Waals surface area contributed by atoms with Gasteiger partial charge in [-0.05, 0) is 87.0 Å². The zero-order valence-electron chi connectivity index (χ0n) is 26.4. The maximum absolute atomic E-state index is 14.7. The fourth-order valence-corrected chi connectivity index (χ4v) is 9.10. The van der Waals surface area contributed by atoms with E-state index in [-0.39, 0.29) is 47.4 Å². The minimum Gasteiger partial charge on any atom is -0.497 e. The lowest BCUT2D eigenvalue weighted by molar-refractivity contribution is -0.143. The average molecular weight is 612 g/mol. The van der Waals surface area contributed by atoms with Gasteiger partial charge in [0.05, 0.1) is 31.6 Å². The van der Waals surface area contributed by atoms with Gasteiger partial charge in [0, 0.05) is 57.5 Å². The molecule has 3 unspecified atom stereocenters. The highest BCUT2D eigenvalue weighted by atomic mass is 19.1. The van der Waals surface area contributed by atoms with Crippen molar-refractivity contribution in [1.82, 2.24) is 14.7 Å². The lowest BCUT2D eigenvalue weighted by Gasteiger charge is -2.39. The fourth-order valence-electron chi connectivity index (χ4n) is 9.10. The molecular weight excluding hydrogens is 561 g/mol. The molecule has 0 aromatic rings. The van der Waals surface area contributed by atoms with E-state index < -0.39 is 5.97 Å². The van der Waals surface area contributed by atoms with E-state index in [1.807, 2.05) is 0 Å². The number of halogens is 1. The maximum atomic E-state index is 14.7. The van der Waals surface area contributed by atoms with Gasteiger partial charge in [0.1, 0.15) is 11.6 Å². The molecule has 3 aliphatic carbocycles. The van der Waals surface area contributed by atoms with Crippen molar-refractivity contribution in [2.75, 3.05) is 53.6 Å². The lowest BCUT2D eigenvalue weighted by Crippen LogP contribution is -2.45. The first-order chi connectivity index (χ1) is 21.4. The van der Waals surface area contributed by atoms with Crippen molar-refractivity contribution in [3.8, 4) is 0 Å². The smallest absolute Gasteiger partial charge is 0.306 e. The number of methoxy groups -OCH3 is 2. The van der Waals surface area contributed by atoms with Crippen LogP contribution in [0.1, 0.15) is 57.8 Å². The van der Waals surface area contributed by atoms with Crippen molar-refractivity contribution in [3.05, 3.63) is 47.7 Å². The number of rotatable bonds is 9. The highest BCUT2D eigenvalue weighted by Gasteiger charge is 2.49. The Balaban J connectivity index is 1.20.